The minimum Gasteiger partial charge on any atom is -0.320 e. The minimum atomic E-state index is -0.0997. The maximum Gasteiger partial charge on any atom is 0.255 e. The Balaban J connectivity index is 2.23. The van der Waals surface area contributed by atoms with E-state index in [4.69, 9.17) is 0 Å². The molecule has 3 nitrogen and oxygen atoms in total. The number of carbonyl (C=O) groups excluding carboxylic acids is 1. The van der Waals surface area contributed by atoms with Crippen molar-refractivity contribution in [2.45, 2.75) is 47.0 Å². The van der Waals surface area contributed by atoms with Crippen LogP contribution < -0.4 is 5.32 Å². The van der Waals surface area contributed by atoms with Gasteiger partial charge in [0.15, 0.2) is 0 Å². The zero-order valence-electron chi connectivity index (χ0n) is 14.2. The lowest BCUT2D eigenvalue weighted by Gasteiger charge is -2.19. The van der Waals surface area contributed by atoms with Crippen molar-refractivity contribution in [2.24, 2.45) is 0 Å². The fourth-order valence-corrected chi connectivity index (χ4v) is 2.52. The van der Waals surface area contributed by atoms with Crippen LogP contribution in [0, 0.1) is 20.8 Å². The van der Waals surface area contributed by atoms with E-state index in [1.54, 1.807) is 0 Å². The van der Waals surface area contributed by atoms with E-state index < -0.39 is 0 Å². The van der Waals surface area contributed by atoms with Gasteiger partial charge in [-0.2, -0.15) is 0 Å². The van der Waals surface area contributed by atoms with Crippen LogP contribution in [-0.4, -0.2) is 10.9 Å². The predicted octanol–water partition coefficient (Wildman–Crippen LogP) is 4.56. The standard InChI is InChI=1S/C19H24N2O/c1-12-11-13(2)20-14(3)17(12)21-18(22)15-7-9-16(10-8-15)19(4,5)6/h7-11H,1-6H3,(H,21,22). The Hall–Kier alpha value is -2.16. The first-order chi connectivity index (χ1) is 10.2. The molecule has 116 valence electrons. The van der Waals surface area contributed by atoms with Gasteiger partial charge in [-0.15, -0.1) is 0 Å². The number of aryl methyl sites for hydroxylation is 3. The van der Waals surface area contributed by atoms with E-state index in [2.05, 4.69) is 31.1 Å². The largest absolute Gasteiger partial charge is 0.320 e. The van der Waals surface area contributed by atoms with Crippen molar-refractivity contribution in [2.75, 3.05) is 5.32 Å². The summed E-state index contributed by atoms with van der Waals surface area (Å²) in [7, 11) is 0. The Bertz CT molecular complexity index is 671. The Kier molecular flexibility index (Phi) is 4.36. The predicted molar refractivity (Wildman–Crippen MR) is 91.5 cm³/mol. The van der Waals surface area contributed by atoms with Crippen LogP contribution in [0.5, 0.6) is 0 Å². The number of hydrogen-bond donors (Lipinski definition) is 1. The molecular formula is C19H24N2O. The Labute approximate surface area is 132 Å². The van der Waals surface area contributed by atoms with Crippen LogP contribution in [0.15, 0.2) is 30.3 Å². The third kappa shape index (κ3) is 3.53. The molecule has 3 heteroatoms. The van der Waals surface area contributed by atoms with Crippen LogP contribution in [0.4, 0.5) is 5.69 Å². The SMILES string of the molecule is Cc1cc(C)c(NC(=O)c2ccc(C(C)(C)C)cc2)c(C)n1. The van der Waals surface area contributed by atoms with Crippen LogP contribution in [0.25, 0.3) is 0 Å². The number of benzene rings is 1. The van der Waals surface area contributed by atoms with Crippen molar-refractivity contribution >= 4 is 11.6 Å². The second-order valence-electron chi connectivity index (χ2n) is 6.82. The molecule has 0 fully saturated rings. The number of pyridine rings is 1. The monoisotopic (exact) mass is 296 g/mol. The molecule has 2 aromatic rings. The summed E-state index contributed by atoms with van der Waals surface area (Å²) >= 11 is 0. The molecular weight excluding hydrogens is 272 g/mol. The molecule has 0 saturated carbocycles. The Morgan fingerprint density at radius 2 is 1.64 bits per heavy atom. The molecule has 22 heavy (non-hydrogen) atoms. The molecule has 2 rings (SSSR count). The Morgan fingerprint density at radius 1 is 1.05 bits per heavy atom. The molecule has 1 heterocycles. The van der Waals surface area contributed by atoms with Crippen molar-refractivity contribution in [1.82, 2.24) is 4.98 Å². The lowest BCUT2D eigenvalue weighted by Crippen LogP contribution is -2.16. The quantitative estimate of drug-likeness (QED) is 0.883. The number of rotatable bonds is 2. The van der Waals surface area contributed by atoms with Crippen LogP contribution in [-0.2, 0) is 5.41 Å². The molecule has 0 saturated heterocycles. The summed E-state index contributed by atoms with van der Waals surface area (Å²) in [5, 5.41) is 2.98. The molecule has 0 aliphatic rings. The Morgan fingerprint density at radius 3 is 2.14 bits per heavy atom. The molecule has 0 bridgehead atoms. The second-order valence-corrected chi connectivity index (χ2v) is 6.82. The molecule has 0 aliphatic heterocycles. The van der Waals surface area contributed by atoms with Crippen LogP contribution >= 0.6 is 0 Å². The molecule has 1 amide bonds. The highest BCUT2D eigenvalue weighted by Gasteiger charge is 2.15. The van der Waals surface area contributed by atoms with Crippen molar-refractivity contribution < 1.29 is 4.79 Å². The van der Waals surface area contributed by atoms with E-state index in [1.807, 2.05) is 51.1 Å². The maximum absolute atomic E-state index is 12.4. The third-order valence-corrected chi connectivity index (χ3v) is 3.78. The summed E-state index contributed by atoms with van der Waals surface area (Å²) in [6, 6.07) is 9.76. The molecule has 0 radical (unpaired) electrons. The van der Waals surface area contributed by atoms with Gasteiger partial charge in [-0.3, -0.25) is 9.78 Å². The maximum atomic E-state index is 12.4. The normalized spacial score (nSPS) is 11.4. The van der Waals surface area contributed by atoms with Crippen molar-refractivity contribution in [1.29, 1.82) is 0 Å². The fraction of sp³-hybridized carbons (Fsp3) is 0.368. The van der Waals surface area contributed by atoms with E-state index in [1.165, 1.54) is 5.56 Å². The van der Waals surface area contributed by atoms with Gasteiger partial charge in [0.2, 0.25) is 0 Å². The van der Waals surface area contributed by atoms with Gasteiger partial charge in [-0.05, 0) is 55.5 Å². The summed E-state index contributed by atoms with van der Waals surface area (Å²) < 4.78 is 0. The average Bonchev–Trinajstić information content (AvgIpc) is 2.41. The second kappa shape index (κ2) is 5.91. The van der Waals surface area contributed by atoms with E-state index >= 15 is 0 Å². The zero-order valence-corrected chi connectivity index (χ0v) is 14.2. The van der Waals surface area contributed by atoms with Gasteiger partial charge in [-0.25, -0.2) is 0 Å². The lowest BCUT2D eigenvalue weighted by atomic mass is 9.86. The smallest absolute Gasteiger partial charge is 0.255 e. The highest BCUT2D eigenvalue weighted by atomic mass is 16.1. The summed E-state index contributed by atoms with van der Waals surface area (Å²) in [6.45, 7) is 12.3. The van der Waals surface area contributed by atoms with Crippen molar-refractivity contribution in [3.63, 3.8) is 0 Å². The number of amides is 1. The topological polar surface area (TPSA) is 42.0 Å². The molecule has 0 spiro atoms. The van der Waals surface area contributed by atoms with Crippen molar-refractivity contribution in [3.8, 4) is 0 Å². The first-order valence-corrected chi connectivity index (χ1v) is 7.55. The van der Waals surface area contributed by atoms with E-state index in [-0.39, 0.29) is 11.3 Å². The summed E-state index contributed by atoms with van der Waals surface area (Å²) in [5.41, 5.74) is 5.60. The number of carbonyl (C=O) groups is 1. The summed E-state index contributed by atoms with van der Waals surface area (Å²) in [5.74, 6) is -0.0997. The molecule has 1 aromatic carbocycles. The van der Waals surface area contributed by atoms with Crippen LogP contribution in [0.2, 0.25) is 0 Å². The molecule has 0 unspecified atom stereocenters. The van der Waals surface area contributed by atoms with Gasteiger partial charge < -0.3 is 5.32 Å². The highest BCUT2D eigenvalue weighted by molar-refractivity contribution is 6.04. The fourth-order valence-electron chi connectivity index (χ4n) is 2.52. The lowest BCUT2D eigenvalue weighted by molar-refractivity contribution is 0.102. The summed E-state index contributed by atoms with van der Waals surface area (Å²) in [4.78, 5) is 16.8. The van der Waals surface area contributed by atoms with Gasteiger partial charge in [0.25, 0.3) is 5.91 Å². The van der Waals surface area contributed by atoms with Gasteiger partial charge in [0.05, 0.1) is 11.4 Å². The van der Waals surface area contributed by atoms with Gasteiger partial charge >= 0.3 is 0 Å². The zero-order chi connectivity index (χ0) is 16.5. The molecule has 1 N–H and O–H groups in total. The molecule has 0 aliphatic carbocycles. The molecule has 1 aromatic heterocycles. The van der Waals surface area contributed by atoms with E-state index in [0.29, 0.717) is 5.56 Å². The van der Waals surface area contributed by atoms with Crippen molar-refractivity contribution in [3.05, 3.63) is 58.4 Å². The first-order valence-electron chi connectivity index (χ1n) is 7.55. The minimum absolute atomic E-state index is 0.0864. The summed E-state index contributed by atoms with van der Waals surface area (Å²) in [6.07, 6.45) is 0. The number of aromatic nitrogens is 1. The average molecular weight is 296 g/mol. The number of hydrogen-bond acceptors (Lipinski definition) is 2. The number of anilines is 1. The number of nitrogens with zero attached hydrogens (tertiary/aromatic N) is 1. The third-order valence-electron chi connectivity index (χ3n) is 3.78. The highest BCUT2D eigenvalue weighted by Crippen LogP contribution is 2.23. The molecule has 0 atom stereocenters. The van der Waals surface area contributed by atoms with E-state index in [0.717, 1.165) is 22.6 Å². The van der Waals surface area contributed by atoms with Gasteiger partial charge in [-0.1, -0.05) is 32.9 Å². The van der Waals surface area contributed by atoms with Crippen LogP contribution in [0.1, 0.15) is 53.6 Å². The van der Waals surface area contributed by atoms with E-state index in [9.17, 15) is 4.79 Å². The van der Waals surface area contributed by atoms with Crippen LogP contribution in [0.3, 0.4) is 0 Å². The number of nitrogens with one attached hydrogen (secondary N) is 1. The van der Waals surface area contributed by atoms with Gasteiger partial charge in [0, 0.05) is 11.3 Å². The first kappa shape index (κ1) is 16.2. The van der Waals surface area contributed by atoms with Gasteiger partial charge in [0.1, 0.15) is 0 Å².